The van der Waals surface area contributed by atoms with Crippen LogP contribution in [0.4, 0.5) is 23.7 Å². The van der Waals surface area contributed by atoms with E-state index in [1.807, 2.05) is 0 Å². The van der Waals surface area contributed by atoms with Crippen LogP contribution in [0.3, 0.4) is 0 Å². The van der Waals surface area contributed by atoms with E-state index in [1.54, 1.807) is 13.2 Å². The quantitative estimate of drug-likeness (QED) is 0.0637. The highest BCUT2D eigenvalue weighted by atomic mass is 19.4. The van der Waals surface area contributed by atoms with Crippen LogP contribution in [0.25, 0.3) is 22.0 Å². The number of nitrogens with zero attached hydrogens (tertiary/aromatic N) is 1. The number of pyridine rings is 1. The Morgan fingerprint density at radius 2 is 1.07 bits per heavy atom. The lowest BCUT2D eigenvalue weighted by Crippen LogP contribution is -2.27. The molecule has 1 aliphatic heterocycles. The average molecular weight is 961 g/mol. The number of cyclic esters (lactones) is 1. The Morgan fingerprint density at radius 1 is 0.627 bits per heavy atom. The molecule has 1 aromatic heterocycles. The van der Waals surface area contributed by atoms with E-state index in [0.717, 1.165) is 6.07 Å². The molecule has 2 heterocycles. The van der Waals surface area contributed by atoms with Crippen LogP contribution < -0.4 is 10.5 Å². The lowest BCUT2D eigenvalue weighted by Gasteiger charge is -2.15. The van der Waals surface area contributed by atoms with Crippen LogP contribution >= 0.6 is 0 Å². The van der Waals surface area contributed by atoms with Gasteiger partial charge in [-0.15, -0.1) is 0 Å². The molecule has 0 bridgehead atoms. The molecule has 0 aliphatic carbocycles. The Morgan fingerprint density at radius 3 is 1.54 bits per heavy atom. The van der Waals surface area contributed by atoms with Crippen molar-refractivity contribution in [1.29, 1.82) is 0 Å². The van der Waals surface area contributed by atoms with Gasteiger partial charge in [-0.25, -0.2) is 9.59 Å². The van der Waals surface area contributed by atoms with Crippen molar-refractivity contribution < 1.29 is 89.1 Å². The number of esters is 1. The van der Waals surface area contributed by atoms with Gasteiger partial charge in [0.25, 0.3) is 5.56 Å². The summed E-state index contributed by atoms with van der Waals surface area (Å²) in [4.78, 5) is 41.6. The van der Waals surface area contributed by atoms with E-state index >= 15 is 0 Å². The second kappa shape index (κ2) is 33.2. The number of ether oxygens (including phenoxy) is 14. The van der Waals surface area contributed by atoms with Gasteiger partial charge in [-0.3, -0.25) is 9.69 Å². The van der Waals surface area contributed by atoms with Gasteiger partial charge in [0.1, 0.15) is 13.2 Å². The number of methoxy groups -OCH3 is 1. The summed E-state index contributed by atoms with van der Waals surface area (Å²) < 4.78 is 116. The fourth-order valence-electron chi connectivity index (χ4n) is 6.07. The van der Waals surface area contributed by atoms with E-state index in [0.29, 0.717) is 143 Å². The maximum atomic E-state index is 13.6. The molecular weight excluding hydrogens is 897 g/mol. The van der Waals surface area contributed by atoms with Crippen LogP contribution in [-0.4, -0.2) is 195 Å². The number of alkyl halides is 3. The van der Waals surface area contributed by atoms with Crippen LogP contribution in [0.2, 0.25) is 0 Å². The molecule has 4 rings (SSSR count). The highest BCUT2D eigenvalue weighted by molar-refractivity contribution is 5.95. The Hall–Kier alpha value is -4.30. The van der Waals surface area contributed by atoms with Gasteiger partial charge in [-0.1, -0.05) is 24.3 Å². The zero-order valence-electron chi connectivity index (χ0n) is 37.9. The average Bonchev–Trinajstić information content (AvgIpc) is 3.70. The molecule has 0 unspecified atom stereocenters. The van der Waals surface area contributed by atoms with Crippen LogP contribution in [0, 0.1) is 0 Å². The minimum absolute atomic E-state index is 0.00490. The molecule has 0 saturated carbocycles. The van der Waals surface area contributed by atoms with Crippen LogP contribution in [-0.2, 0) is 77.3 Å². The Bertz CT molecular complexity index is 1890. The number of fused-ring (bicyclic) bond motifs is 1. The Kier molecular flexibility index (Phi) is 27.4. The summed E-state index contributed by atoms with van der Waals surface area (Å²) in [6.45, 7) is 9.09. The zero-order valence-corrected chi connectivity index (χ0v) is 37.9. The first-order valence-corrected chi connectivity index (χ1v) is 22.0. The predicted octanol–water partition coefficient (Wildman–Crippen LogP) is 3.91. The lowest BCUT2D eigenvalue weighted by atomic mass is 10.0. The third-order valence-corrected chi connectivity index (χ3v) is 9.34. The number of anilines is 1. The summed E-state index contributed by atoms with van der Waals surface area (Å²) in [5.41, 5.74) is -1.34. The molecule has 376 valence electrons. The highest BCUT2D eigenvalue weighted by Gasteiger charge is 2.35. The summed E-state index contributed by atoms with van der Waals surface area (Å²) in [7, 11) is 1.63. The number of hydrogen-bond donors (Lipinski definition) is 1. The van der Waals surface area contributed by atoms with Gasteiger partial charge in [0.05, 0.1) is 157 Å². The van der Waals surface area contributed by atoms with Crippen molar-refractivity contribution >= 4 is 28.5 Å². The standard InChI is InChI=1S/C45H63F3N2O17/c1-54-8-9-55-10-11-56-12-13-57-14-15-58-16-17-59-18-19-60-20-21-61-22-23-62-24-25-63-26-27-64-28-29-65-34-42(51)66-33-37-32-50(44(53)67-37)36-7-6-35-30-41(49-43(52)39(35)31-36)38-4-2-3-5-40(38)45(46,47)48/h2-7,30-31,37H,8-29,32-34H2,1H3,(H,49,52)/t37-/m0/s1. The number of aromatic amines is 1. The van der Waals surface area contributed by atoms with Gasteiger partial charge < -0.3 is 71.3 Å². The van der Waals surface area contributed by atoms with E-state index in [9.17, 15) is 27.6 Å². The van der Waals surface area contributed by atoms with E-state index in [4.69, 9.17) is 66.3 Å². The number of carbonyl (C=O) groups excluding carboxylic acids is 2. The van der Waals surface area contributed by atoms with E-state index in [-0.39, 0.29) is 49.6 Å². The highest BCUT2D eigenvalue weighted by Crippen LogP contribution is 2.37. The largest absolute Gasteiger partial charge is 0.460 e. The van der Waals surface area contributed by atoms with Crippen LogP contribution in [0.15, 0.2) is 53.3 Å². The number of rotatable bonds is 39. The summed E-state index contributed by atoms with van der Waals surface area (Å²) in [6, 6.07) is 10.9. The fraction of sp³-hybridized carbons (Fsp3) is 0.622. The molecule has 67 heavy (non-hydrogen) atoms. The molecule has 1 N–H and O–H groups in total. The molecule has 0 radical (unpaired) electrons. The maximum Gasteiger partial charge on any atom is 0.417 e. The van der Waals surface area contributed by atoms with Gasteiger partial charge in [-0.05, 0) is 29.7 Å². The maximum absolute atomic E-state index is 13.6. The van der Waals surface area contributed by atoms with E-state index < -0.39 is 35.5 Å². The van der Waals surface area contributed by atoms with E-state index in [2.05, 4.69) is 4.98 Å². The number of benzene rings is 2. The van der Waals surface area contributed by atoms with Crippen molar-refractivity contribution in [3.63, 3.8) is 0 Å². The SMILES string of the molecule is COCCOCCOCCOCCOCCOCCOCCOCCOCCOCCOCCOCC(=O)OC[C@@H]1CN(c2ccc3cc(-c4ccccc4C(F)(F)F)[nH]c(=O)c3c2)C(=O)O1. The molecule has 2 aromatic carbocycles. The molecule has 19 nitrogen and oxygen atoms in total. The molecule has 22 heteroatoms. The van der Waals surface area contributed by atoms with Gasteiger partial charge in [0.2, 0.25) is 0 Å². The Labute approximate surface area is 387 Å². The predicted molar refractivity (Wildman–Crippen MR) is 234 cm³/mol. The first-order chi connectivity index (χ1) is 32.7. The minimum atomic E-state index is -4.62. The van der Waals surface area contributed by atoms with Crippen molar-refractivity contribution in [2.24, 2.45) is 0 Å². The zero-order chi connectivity index (χ0) is 47.8. The van der Waals surface area contributed by atoms with Crippen molar-refractivity contribution in [3.05, 3.63) is 64.4 Å². The number of hydrogen-bond acceptors (Lipinski definition) is 17. The van der Waals surface area contributed by atoms with Crippen molar-refractivity contribution in [2.45, 2.75) is 12.3 Å². The molecule has 1 saturated heterocycles. The first kappa shape index (κ1) is 55.3. The van der Waals surface area contributed by atoms with E-state index in [1.165, 1.54) is 41.3 Å². The summed E-state index contributed by atoms with van der Waals surface area (Å²) in [5, 5.41) is 0.540. The third-order valence-electron chi connectivity index (χ3n) is 9.34. The number of aromatic nitrogens is 1. The topological polar surface area (TPSA) is 199 Å². The summed E-state index contributed by atoms with van der Waals surface area (Å²) in [6.07, 6.45) is -6.12. The number of halogens is 3. The van der Waals surface area contributed by atoms with Crippen LogP contribution in [0.1, 0.15) is 5.56 Å². The van der Waals surface area contributed by atoms with Gasteiger partial charge >= 0.3 is 18.2 Å². The first-order valence-electron chi connectivity index (χ1n) is 22.0. The van der Waals surface area contributed by atoms with Gasteiger partial charge in [-0.2, -0.15) is 13.2 Å². The summed E-state index contributed by atoms with van der Waals surface area (Å²) >= 11 is 0. The number of H-pyrrole nitrogens is 1. The number of carbonyl (C=O) groups is 2. The second-order valence-corrected chi connectivity index (χ2v) is 14.3. The molecule has 3 aromatic rings. The molecule has 0 spiro atoms. The lowest BCUT2D eigenvalue weighted by molar-refractivity contribution is -0.151. The van der Waals surface area contributed by atoms with Crippen molar-refractivity contribution in [1.82, 2.24) is 4.98 Å². The van der Waals surface area contributed by atoms with Crippen molar-refractivity contribution in [2.75, 3.05) is 177 Å². The monoisotopic (exact) mass is 960 g/mol. The fourth-order valence-corrected chi connectivity index (χ4v) is 6.07. The molecule has 1 amide bonds. The second-order valence-electron chi connectivity index (χ2n) is 14.3. The molecule has 1 atom stereocenters. The number of amides is 1. The normalized spacial score (nSPS) is 14.1. The minimum Gasteiger partial charge on any atom is -0.460 e. The number of nitrogens with one attached hydrogen (secondary N) is 1. The van der Waals surface area contributed by atoms with Crippen LogP contribution in [0.5, 0.6) is 0 Å². The van der Waals surface area contributed by atoms with Gasteiger partial charge in [0.15, 0.2) is 6.10 Å². The molecular formula is C45H63F3N2O17. The smallest absolute Gasteiger partial charge is 0.417 e. The Balaban J connectivity index is 0.885. The molecule has 1 aliphatic rings. The third kappa shape index (κ3) is 22.6. The van der Waals surface area contributed by atoms with Crippen molar-refractivity contribution in [3.8, 4) is 11.3 Å². The summed E-state index contributed by atoms with van der Waals surface area (Å²) in [5.74, 6) is -0.662. The molecule has 1 fully saturated rings. The van der Waals surface area contributed by atoms with Gasteiger partial charge in [0, 0.05) is 29.4 Å².